The van der Waals surface area contributed by atoms with Gasteiger partial charge in [0.05, 0.1) is 0 Å². The first-order chi connectivity index (χ1) is 5.08. The van der Waals surface area contributed by atoms with Crippen molar-refractivity contribution in [1.29, 1.82) is 0 Å². The van der Waals surface area contributed by atoms with Crippen LogP contribution in [0.5, 0.6) is 0 Å². The summed E-state index contributed by atoms with van der Waals surface area (Å²) in [7, 11) is 1.59. The van der Waals surface area contributed by atoms with Crippen molar-refractivity contribution in [2.45, 2.75) is 38.7 Å². The number of hydrogen-bond donors (Lipinski definition) is 0. The van der Waals surface area contributed by atoms with Gasteiger partial charge in [-0.2, -0.15) is 0 Å². The van der Waals surface area contributed by atoms with Crippen LogP contribution in [0, 0.1) is 5.92 Å². The second-order valence-corrected chi connectivity index (χ2v) is 3.71. The Morgan fingerprint density at radius 2 is 2.00 bits per heavy atom. The highest BCUT2D eigenvalue weighted by atomic mass is 16.5. The SMILES string of the molecule is COC(C)(C)C(=O)C1CCC1. The molecule has 1 fully saturated rings. The summed E-state index contributed by atoms with van der Waals surface area (Å²) in [6, 6.07) is 0. The van der Waals surface area contributed by atoms with E-state index in [4.69, 9.17) is 4.74 Å². The van der Waals surface area contributed by atoms with Crippen LogP contribution in [0.2, 0.25) is 0 Å². The second-order valence-electron chi connectivity index (χ2n) is 3.71. The van der Waals surface area contributed by atoms with Crippen molar-refractivity contribution in [3.8, 4) is 0 Å². The maximum Gasteiger partial charge on any atom is 0.167 e. The van der Waals surface area contributed by atoms with Crippen LogP contribution in [0.4, 0.5) is 0 Å². The van der Waals surface area contributed by atoms with Gasteiger partial charge in [-0.1, -0.05) is 6.42 Å². The van der Waals surface area contributed by atoms with E-state index in [-0.39, 0.29) is 11.7 Å². The molecular formula is C9H16O2. The number of ketones is 1. The smallest absolute Gasteiger partial charge is 0.167 e. The first-order valence-electron chi connectivity index (χ1n) is 4.17. The van der Waals surface area contributed by atoms with Crippen molar-refractivity contribution in [2.24, 2.45) is 5.92 Å². The van der Waals surface area contributed by atoms with Crippen LogP contribution in [0.1, 0.15) is 33.1 Å². The number of ether oxygens (including phenoxy) is 1. The van der Waals surface area contributed by atoms with Crippen LogP contribution in [0.25, 0.3) is 0 Å². The average Bonchev–Trinajstić information content (AvgIpc) is 1.84. The van der Waals surface area contributed by atoms with Crippen LogP contribution >= 0.6 is 0 Å². The highest BCUT2D eigenvalue weighted by molar-refractivity contribution is 5.89. The summed E-state index contributed by atoms with van der Waals surface area (Å²) >= 11 is 0. The molecule has 0 radical (unpaired) electrons. The number of Topliss-reactive ketones (excluding diaryl/α,β-unsaturated/α-hetero) is 1. The molecule has 0 saturated heterocycles. The zero-order valence-electron chi connectivity index (χ0n) is 7.52. The zero-order chi connectivity index (χ0) is 8.48. The van der Waals surface area contributed by atoms with Crippen molar-refractivity contribution in [3.63, 3.8) is 0 Å². The monoisotopic (exact) mass is 156 g/mol. The minimum absolute atomic E-state index is 0.270. The molecule has 0 aromatic heterocycles. The van der Waals surface area contributed by atoms with Gasteiger partial charge in [-0.25, -0.2) is 0 Å². The highest BCUT2D eigenvalue weighted by Gasteiger charge is 2.36. The highest BCUT2D eigenvalue weighted by Crippen LogP contribution is 2.31. The third-order valence-electron chi connectivity index (χ3n) is 2.58. The van der Waals surface area contributed by atoms with Crippen LogP contribution in [-0.4, -0.2) is 18.5 Å². The topological polar surface area (TPSA) is 26.3 Å². The van der Waals surface area contributed by atoms with Crippen LogP contribution in [0.3, 0.4) is 0 Å². The van der Waals surface area contributed by atoms with Crippen LogP contribution in [0.15, 0.2) is 0 Å². The van der Waals surface area contributed by atoms with Gasteiger partial charge in [0.1, 0.15) is 5.60 Å². The Kier molecular flexibility index (Phi) is 2.33. The minimum atomic E-state index is -0.564. The zero-order valence-corrected chi connectivity index (χ0v) is 7.52. The molecule has 1 aliphatic carbocycles. The molecule has 0 unspecified atom stereocenters. The van der Waals surface area contributed by atoms with E-state index >= 15 is 0 Å². The lowest BCUT2D eigenvalue weighted by atomic mass is 9.77. The lowest BCUT2D eigenvalue weighted by Crippen LogP contribution is -2.41. The summed E-state index contributed by atoms with van der Waals surface area (Å²) in [5.41, 5.74) is -0.564. The van der Waals surface area contributed by atoms with E-state index in [2.05, 4.69) is 0 Å². The molecule has 1 saturated carbocycles. The molecule has 0 aliphatic heterocycles. The molecule has 0 bridgehead atoms. The van der Waals surface area contributed by atoms with Gasteiger partial charge < -0.3 is 4.74 Å². The average molecular weight is 156 g/mol. The Hall–Kier alpha value is -0.370. The predicted octanol–water partition coefficient (Wildman–Crippen LogP) is 1.78. The fourth-order valence-electron chi connectivity index (χ4n) is 1.26. The number of methoxy groups -OCH3 is 1. The lowest BCUT2D eigenvalue weighted by molar-refractivity contribution is -0.144. The van der Waals surface area contributed by atoms with Gasteiger partial charge in [0.2, 0.25) is 0 Å². The third-order valence-corrected chi connectivity index (χ3v) is 2.58. The first kappa shape index (κ1) is 8.72. The van der Waals surface area contributed by atoms with Crippen LogP contribution < -0.4 is 0 Å². The summed E-state index contributed by atoms with van der Waals surface area (Å²) in [6.07, 6.45) is 3.33. The number of carbonyl (C=O) groups excluding carboxylic acids is 1. The molecule has 0 amide bonds. The Morgan fingerprint density at radius 1 is 1.45 bits per heavy atom. The Morgan fingerprint density at radius 3 is 2.27 bits per heavy atom. The van der Waals surface area contributed by atoms with Gasteiger partial charge >= 0.3 is 0 Å². The van der Waals surface area contributed by atoms with E-state index in [0.29, 0.717) is 0 Å². The maximum atomic E-state index is 11.6. The summed E-state index contributed by atoms with van der Waals surface area (Å²) < 4.78 is 5.11. The Bertz CT molecular complexity index is 157. The molecule has 0 aromatic rings. The second kappa shape index (κ2) is 2.94. The van der Waals surface area contributed by atoms with Gasteiger partial charge in [-0.15, -0.1) is 0 Å². The van der Waals surface area contributed by atoms with Crippen molar-refractivity contribution in [3.05, 3.63) is 0 Å². The molecule has 64 valence electrons. The van der Waals surface area contributed by atoms with Gasteiger partial charge in [0, 0.05) is 13.0 Å². The van der Waals surface area contributed by atoms with Crippen molar-refractivity contribution >= 4 is 5.78 Å². The quantitative estimate of drug-likeness (QED) is 0.622. The number of hydrogen-bond acceptors (Lipinski definition) is 2. The van der Waals surface area contributed by atoms with Gasteiger partial charge in [0.15, 0.2) is 5.78 Å². The maximum absolute atomic E-state index is 11.6. The Labute approximate surface area is 67.9 Å². The minimum Gasteiger partial charge on any atom is -0.371 e. The van der Waals surface area contributed by atoms with Crippen LogP contribution in [-0.2, 0) is 9.53 Å². The van der Waals surface area contributed by atoms with Crippen molar-refractivity contribution in [2.75, 3.05) is 7.11 Å². The molecule has 0 heterocycles. The number of rotatable bonds is 3. The fourth-order valence-corrected chi connectivity index (χ4v) is 1.26. The standard InChI is InChI=1S/C9H16O2/c1-9(2,11-3)8(10)7-5-4-6-7/h7H,4-6H2,1-3H3. The molecule has 0 spiro atoms. The summed E-state index contributed by atoms with van der Waals surface area (Å²) in [6.45, 7) is 3.68. The predicted molar refractivity (Wildman–Crippen MR) is 43.4 cm³/mol. The molecule has 2 nitrogen and oxygen atoms in total. The van der Waals surface area contributed by atoms with Crippen molar-refractivity contribution < 1.29 is 9.53 Å². The Balaban J connectivity index is 2.51. The third kappa shape index (κ3) is 1.62. The van der Waals surface area contributed by atoms with Crippen molar-refractivity contribution in [1.82, 2.24) is 0 Å². The molecular weight excluding hydrogens is 140 g/mol. The largest absolute Gasteiger partial charge is 0.371 e. The molecule has 0 N–H and O–H groups in total. The molecule has 1 rings (SSSR count). The van der Waals surface area contributed by atoms with E-state index in [0.717, 1.165) is 12.8 Å². The van der Waals surface area contributed by atoms with E-state index in [9.17, 15) is 4.79 Å². The van der Waals surface area contributed by atoms with E-state index < -0.39 is 5.60 Å². The first-order valence-corrected chi connectivity index (χ1v) is 4.17. The van der Waals surface area contributed by atoms with Gasteiger partial charge in [-0.3, -0.25) is 4.79 Å². The lowest BCUT2D eigenvalue weighted by Gasteiger charge is -2.31. The summed E-state index contributed by atoms with van der Waals surface area (Å²) in [5.74, 6) is 0.552. The van der Waals surface area contributed by atoms with E-state index in [1.54, 1.807) is 7.11 Å². The normalized spacial score (nSPS) is 19.5. The summed E-state index contributed by atoms with van der Waals surface area (Å²) in [5, 5.41) is 0. The molecule has 11 heavy (non-hydrogen) atoms. The number of carbonyl (C=O) groups is 1. The summed E-state index contributed by atoms with van der Waals surface area (Å²) in [4.78, 5) is 11.6. The van der Waals surface area contributed by atoms with E-state index in [1.807, 2.05) is 13.8 Å². The molecule has 2 heteroatoms. The van der Waals surface area contributed by atoms with E-state index in [1.165, 1.54) is 6.42 Å². The fraction of sp³-hybridized carbons (Fsp3) is 0.889. The van der Waals surface area contributed by atoms with Gasteiger partial charge in [-0.05, 0) is 26.7 Å². The van der Waals surface area contributed by atoms with Gasteiger partial charge in [0.25, 0.3) is 0 Å². The molecule has 0 aromatic carbocycles. The molecule has 1 aliphatic rings. The molecule has 0 atom stereocenters.